The van der Waals surface area contributed by atoms with Gasteiger partial charge in [-0.1, -0.05) is 6.07 Å². The predicted octanol–water partition coefficient (Wildman–Crippen LogP) is 1.23. The Kier molecular flexibility index (Phi) is 4.66. The van der Waals surface area contributed by atoms with Gasteiger partial charge in [0.05, 0.1) is 0 Å². The summed E-state index contributed by atoms with van der Waals surface area (Å²) in [6.45, 7) is 1.10. The number of hydrogen-bond donors (Lipinski definition) is 0. The number of nitrogens with zero attached hydrogens (tertiary/aromatic N) is 2. The molecule has 1 aliphatic rings. The summed E-state index contributed by atoms with van der Waals surface area (Å²) in [5.74, 6) is 0. The van der Waals surface area contributed by atoms with E-state index in [1.54, 1.807) is 12.4 Å². The molecule has 0 saturated carbocycles. The van der Waals surface area contributed by atoms with Gasteiger partial charge >= 0.3 is 36.9 Å². The molecule has 2 heterocycles. The minimum Gasteiger partial charge on any atom is -0.265 e. The van der Waals surface area contributed by atoms with Gasteiger partial charge < -0.3 is 0 Å². The van der Waals surface area contributed by atoms with Gasteiger partial charge in [0, 0.05) is 12.4 Å². The van der Waals surface area contributed by atoms with E-state index >= 15 is 0 Å². The second-order valence-corrected chi connectivity index (χ2v) is 3.91. The molecule has 0 atom stereocenters. The van der Waals surface area contributed by atoms with Crippen molar-refractivity contribution in [1.82, 2.24) is 4.98 Å². The fourth-order valence-corrected chi connectivity index (χ4v) is 1.68. The molecule has 0 N–H and O–H groups in total. The van der Waals surface area contributed by atoms with Crippen LogP contribution in [0.4, 0.5) is 0 Å². The molecular weight excluding hydrogens is 203 g/mol. The van der Waals surface area contributed by atoms with E-state index in [9.17, 15) is 0 Å². The quantitative estimate of drug-likeness (QED) is 0.595. The number of pyridine rings is 1. The van der Waals surface area contributed by atoms with Gasteiger partial charge in [-0.15, -0.1) is 0 Å². The van der Waals surface area contributed by atoms with Crippen molar-refractivity contribution in [3.05, 3.63) is 30.6 Å². The second-order valence-electron chi connectivity index (χ2n) is 1.91. The third-order valence-corrected chi connectivity index (χ3v) is 2.56. The summed E-state index contributed by atoms with van der Waals surface area (Å²) in [7, 11) is 0. The first-order valence-electron chi connectivity index (χ1n) is 3.45. The zero-order chi connectivity index (χ0) is 7.78. The van der Waals surface area contributed by atoms with E-state index in [0.29, 0.717) is 0 Å². The zero-order valence-corrected chi connectivity index (χ0v) is 7.89. The van der Waals surface area contributed by atoms with Gasteiger partial charge in [-0.05, 0) is 12.1 Å². The Morgan fingerprint density at radius 1 is 1.09 bits per heavy atom. The van der Waals surface area contributed by atoms with Crippen LogP contribution in [0.2, 0.25) is 5.32 Å². The molecule has 0 spiro atoms. The van der Waals surface area contributed by atoms with E-state index in [2.05, 4.69) is 9.98 Å². The maximum atomic E-state index is 3.99. The van der Waals surface area contributed by atoms with Crippen molar-refractivity contribution in [2.45, 2.75) is 5.32 Å². The van der Waals surface area contributed by atoms with Crippen molar-refractivity contribution < 1.29 is 0 Å². The maximum Gasteiger partial charge on any atom is 0.0267 e. The van der Waals surface area contributed by atoms with Gasteiger partial charge in [0.15, 0.2) is 0 Å². The van der Waals surface area contributed by atoms with E-state index in [-0.39, 0.29) is 0 Å². The Morgan fingerprint density at radius 3 is 2.09 bits per heavy atom. The second kappa shape index (κ2) is 6.08. The first-order chi connectivity index (χ1) is 5.50. The fourth-order valence-electron chi connectivity index (χ4n) is 0.576. The summed E-state index contributed by atoms with van der Waals surface area (Å²) >= 11 is 0.778. The third kappa shape index (κ3) is 4.71. The van der Waals surface area contributed by atoms with Crippen molar-refractivity contribution in [3.8, 4) is 0 Å². The van der Waals surface area contributed by atoms with Crippen LogP contribution in [0.25, 0.3) is 0 Å². The van der Waals surface area contributed by atoms with Gasteiger partial charge in [0.2, 0.25) is 0 Å². The van der Waals surface area contributed by atoms with Crippen LogP contribution in [0.3, 0.4) is 0 Å². The summed E-state index contributed by atoms with van der Waals surface area (Å²) in [4.78, 5) is 7.77. The summed E-state index contributed by atoms with van der Waals surface area (Å²) in [5, 5.41) is 3.39. The van der Waals surface area contributed by atoms with E-state index in [0.717, 1.165) is 21.5 Å². The molecular formula is C8H10N2Se. The Bertz CT molecular complexity index is 166. The van der Waals surface area contributed by atoms with Gasteiger partial charge in [0.25, 0.3) is 0 Å². The fraction of sp³-hybridized carbons (Fsp3) is 0.250. The summed E-state index contributed by atoms with van der Waals surface area (Å²) in [5.41, 5.74) is 0. The van der Waals surface area contributed by atoms with E-state index in [4.69, 9.17) is 0 Å². The Morgan fingerprint density at radius 2 is 1.91 bits per heavy atom. The number of aliphatic imine (C=N–C) groups is 1. The van der Waals surface area contributed by atoms with Crippen molar-refractivity contribution >= 4 is 20.1 Å². The molecule has 1 aromatic heterocycles. The summed E-state index contributed by atoms with van der Waals surface area (Å²) in [6, 6.07) is 5.72. The van der Waals surface area contributed by atoms with Gasteiger partial charge in [-0.25, -0.2) is 0 Å². The van der Waals surface area contributed by atoms with Crippen LogP contribution < -0.4 is 0 Å². The van der Waals surface area contributed by atoms with Crippen LogP contribution in [0.15, 0.2) is 35.6 Å². The Labute approximate surface area is 72.9 Å². The molecule has 3 heteroatoms. The normalized spacial score (nSPS) is 13.8. The molecule has 0 amide bonds. The molecule has 0 aromatic carbocycles. The molecule has 2 nitrogen and oxygen atoms in total. The van der Waals surface area contributed by atoms with Crippen LogP contribution >= 0.6 is 0 Å². The molecule has 0 saturated heterocycles. The first kappa shape index (κ1) is 8.44. The largest absolute Gasteiger partial charge is 0.265 e. The van der Waals surface area contributed by atoms with Gasteiger partial charge in [0.1, 0.15) is 0 Å². The molecule has 0 fully saturated rings. The third-order valence-electron chi connectivity index (χ3n) is 1.05. The monoisotopic (exact) mass is 214 g/mol. The number of rotatable bonds is 0. The molecule has 0 bridgehead atoms. The van der Waals surface area contributed by atoms with Crippen LogP contribution in [0.5, 0.6) is 0 Å². The molecule has 1 aromatic rings. The number of hydrogen-bond acceptors (Lipinski definition) is 2. The molecule has 1 aliphatic heterocycles. The Balaban J connectivity index is 0.000000112. The molecule has 2 rings (SSSR count). The predicted molar refractivity (Wildman–Crippen MR) is 48.2 cm³/mol. The topological polar surface area (TPSA) is 25.2 Å². The van der Waals surface area contributed by atoms with Crippen LogP contribution in [-0.4, -0.2) is 31.6 Å². The van der Waals surface area contributed by atoms with Crippen LogP contribution in [0, 0.1) is 0 Å². The van der Waals surface area contributed by atoms with Crippen molar-refractivity contribution in [2.24, 2.45) is 4.99 Å². The molecule has 0 unspecified atom stereocenters. The molecule has 0 radical (unpaired) electrons. The smallest absolute Gasteiger partial charge is 0.0267 e. The Hall–Kier alpha value is -0.661. The number of aromatic nitrogens is 1. The molecule has 11 heavy (non-hydrogen) atoms. The van der Waals surface area contributed by atoms with E-state index in [1.165, 1.54) is 5.32 Å². The van der Waals surface area contributed by atoms with Gasteiger partial charge in [-0.2, -0.15) is 0 Å². The maximum absolute atomic E-state index is 3.99. The van der Waals surface area contributed by atoms with Crippen molar-refractivity contribution in [2.75, 3.05) is 6.54 Å². The molecule has 0 aliphatic carbocycles. The van der Waals surface area contributed by atoms with E-state index < -0.39 is 0 Å². The van der Waals surface area contributed by atoms with Crippen molar-refractivity contribution in [3.63, 3.8) is 0 Å². The summed E-state index contributed by atoms with van der Waals surface area (Å²) in [6.07, 6.45) is 3.50. The zero-order valence-electron chi connectivity index (χ0n) is 6.18. The minimum absolute atomic E-state index is 0.778. The van der Waals surface area contributed by atoms with Crippen LogP contribution in [0.1, 0.15) is 0 Å². The average Bonchev–Trinajstić information content (AvgIpc) is 2.64. The summed E-state index contributed by atoms with van der Waals surface area (Å²) < 4.78 is 0. The first-order valence-corrected chi connectivity index (χ1v) is 5.65. The molecule has 58 valence electrons. The van der Waals surface area contributed by atoms with Crippen LogP contribution in [-0.2, 0) is 0 Å². The average molecular weight is 213 g/mol. The van der Waals surface area contributed by atoms with E-state index in [1.807, 2.05) is 23.3 Å². The van der Waals surface area contributed by atoms with Crippen molar-refractivity contribution in [1.29, 1.82) is 0 Å². The SMILES string of the molecule is C1=NCC[Se]1.c1ccncc1. The van der Waals surface area contributed by atoms with Gasteiger partial charge in [-0.3, -0.25) is 4.98 Å². The minimum atomic E-state index is 0.778. The standard InChI is InChI=1S/C5H5N.C3H5NSe/c1-2-4-6-5-3-1;1-2-5-3-4-1/h1-5H;3H,1-2H2.